The number of ether oxygens (including phenoxy) is 2. The van der Waals surface area contributed by atoms with Crippen molar-refractivity contribution in [2.75, 3.05) is 25.6 Å². The topological polar surface area (TPSA) is 91.4 Å². The van der Waals surface area contributed by atoms with Gasteiger partial charge in [-0.2, -0.15) is 4.98 Å². The number of halogens is 2. The smallest absolute Gasteiger partial charge is 0.258 e. The van der Waals surface area contributed by atoms with E-state index in [1.807, 2.05) is 12.1 Å². The molecule has 4 aromatic rings. The number of methoxy groups -OCH3 is 1. The van der Waals surface area contributed by atoms with E-state index >= 15 is 0 Å². The van der Waals surface area contributed by atoms with Crippen LogP contribution in [0, 0.1) is 5.41 Å². The maximum Gasteiger partial charge on any atom is 0.258 e. The lowest BCUT2D eigenvalue weighted by atomic mass is 9.71. The van der Waals surface area contributed by atoms with Gasteiger partial charge in [-0.1, -0.05) is 11.3 Å². The second-order valence-corrected chi connectivity index (χ2v) is 9.19. The van der Waals surface area contributed by atoms with E-state index in [2.05, 4.69) is 25.7 Å². The van der Waals surface area contributed by atoms with Crippen LogP contribution < -0.4 is 10.1 Å². The number of hydrogen-bond donors (Lipinski definition) is 1. The maximum absolute atomic E-state index is 13.0. The molecule has 9 nitrogen and oxygen atoms in total. The van der Waals surface area contributed by atoms with Crippen molar-refractivity contribution >= 4 is 22.5 Å². The van der Waals surface area contributed by atoms with Crippen LogP contribution in [0.3, 0.4) is 0 Å². The van der Waals surface area contributed by atoms with Crippen molar-refractivity contribution in [2.45, 2.75) is 44.7 Å². The van der Waals surface area contributed by atoms with Crippen molar-refractivity contribution in [2.24, 2.45) is 5.41 Å². The summed E-state index contributed by atoms with van der Waals surface area (Å²) in [5.74, 6) is 0.736. The van der Waals surface area contributed by atoms with Crippen molar-refractivity contribution in [3.05, 3.63) is 30.5 Å². The van der Waals surface area contributed by atoms with Gasteiger partial charge in [-0.3, -0.25) is 0 Å². The minimum absolute atomic E-state index is 0.266. The molecule has 1 saturated heterocycles. The van der Waals surface area contributed by atoms with E-state index in [0.29, 0.717) is 27.9 Å². The number of nitrogens with one attached hydrogen (secondary N) is 1. The summed E-state index contributed by atoms with van der Waals surface area (Å²) in [5.41, 5.74) is 3.53. The third kappa shape index (κ3) is 3.64. The predicted molar refractivity (Wildman–Crippen MR) is 121 cm³/mol. The van der Waals surface area contributed by atoms with Gasteiger partial charge in [0.1, 0.15) is 17.6 Å². The average molecular weight is 471 g/mol. The summed E-state index contributed by atoms with van der Waals surface area (Å²) in [6, 6.07) is 7.49. The Balaban J connectivity index is 1.32. The molecule has 1 spiro atoms. The van der Waals surface area contributed by atoms with Gasteiger partial charge in [-0.05, 0) is 49.4 Å². The summed E-state index contributed by atoms with van der Waals surface area (Å²) < 4.78 is 47.4. The molecule has 1 aliphatic heterocycles. The molecule has 2 aliphatic rings. The SMILES string of the molecule is [2H]COc1nc(NC2CCC3(CC2)COC3)nn2ccc(-c3ccc4nnn(CC(F)F)c4c3)c12. The molecule has 0 bridgehead atoms. The van der Waals surface area contributed by atoms with Crippen LogP contribution in [0.1, 0.15) is 27.1 Å². The van der Waals surface area contributed by atoms with Crippen LogP contribution in [0.4, 0.5) is 14.7 Å². The highest BCUT2D eigenvalue weighted by Gasteiger charge is 2.41. The van der Waals surface area contributed by atoms with E-state index in [-0.39, 0.29) is 19.0 Å². The van der Waals surface area contributed by atoms with Gasteiger partial charge in [0.05, 0.1) is 27.2 Å². The fourth-order valence-electron chi connectivity index (χ4n) is 5.02. The zero-order valence-electron chi connectivity index (χ0n) is 19.5. The Hall–Kier alpha value is -3.34. The number of nitrogens with zero attached hydrogens (tertiary/aromatic N) is 6. The quantitative estimate of drug-likeness (QED) is 0.459. The van der Waals surface area contributed by atoms with Crippen molar-refractivity contribution in [1.29, 1.82) is 0 Å². The molecule has 0 unspecified atom stereocenters. The molecular weight excluding hydrogens is 444 g/mol. The van der Waals surface area contributed by atoms with Crippen LogP contribution in [-0.4, -0.2) is 62.4 Å². The number of benzene rings is 1. The molecule has 1 aromatic carbocycles. The first-order valence-corrected chi connectivity index (χ1v) is 11.3. The highest BCUT2D eigenvalue weighted by molar-refractivity contribution is 5.89. The number of hydrogen-bond acceptors (Lipinski definition) is 7. The van der Waals surface area contributed by atoms with Gasteiger partial charge >= 0.3 is 0 Å². The number of anilines is 1. The molecule has 34 heavy (non-hydrogen) atoms. The molecule has 3 aromatic heterocycles. The fraction of sp³-hybridized carbons (Fsp3) is 0.478. The van der Waals surface area contributed by atoms with E-state index in [1.54, 1.807) is 22.8 Å². The van der Waals surface area contributed by atoms with Crippen LogP contribution >= 0.6 is 0 Å². The molecule has 2 fully saturated rings. The lowest BCUT2D eigenvalue weighted by Gasteiger charge is -2.46. The second-order valence-electron chi connectivity index (χ2n) is 9.19. The summed E-state index contributed by atoms with van der Waals surface area (Å²) in [6.07, 6.45) is 3.56. The predicted octanol–water partition coefficient (Wildman–Crippen LogP) is 3.79. The van der Waals surface area contributed by atoms with Crippen LogP contribution in [0.25, 0.3) is 27.7 Å². The van der Waals surface area contributed by atoms with Gasteiger partial charge in [0.2, 0.25) is 11.8 Å². The molecule has 11 heteroatoms. The first-order chi connectivity index (χ1) is 17.0. The molecule has 6 rings (SSSR count). The van der Waals surface area contributed by atoms with Gasteiger partial charge in [0.15, 0.2) is 0 Å². The first-order valence-electron chi connectivity index (χ1n) is 12.0. The van der Waals surface area contributed by atoms with Gasteiger partial charge in [-0.15, -0.1) is 10.2 Å². The Morgan fingerprint density at radius 3 is 2.88 bits per heavy atom. The Bertz CT molecular complexity index is 1360. The third-order valence-corrected chi connectivity index (χ3v) is 6.95. The van der Waals surface area contributed by atoms with E-state index in [9.17, 15) is 8.78 Å². The van der Waals surface area contributed by atoms with Gasteiger partial charge in [0.25, 0.3) is 6.43 Å². The molecule has 0 amide bonds. The number of rotatable bonds is 6. The summed E-state index contributed by atoms with van der Waals surface area (Å²) in [6.45, 7) is 1.19. The number of fused-ring (bicyclic) bond motifs is 2. The van der Waals surface area contributed by atoms with Crippen molar-refractivity contribution < 1.29 is 19.6 Å². The van der Waals surface area contributed by atoms with Crippen LogP contribution in [0.15, 0.2) is 30.5 Å². The molecule has 1 aliphatic carbocycles. The molecule has 0 radical (unpaired) electrons. The van der Waals surface area contributed by atoms with Crippen molar-refractivity contribution in [1.82, 2.24) is 29.6 Å². The first kappa shape index (κ1) is 20.1. The van der Waals surface area contributed by atoms with E-state index in [0.717, 1.165) is 50.0 Å². The minimum atomic E-state index is -2.54. The number of aromatic nitrogens is 6. The Morgan fingerprint density at radius 1 is 1.29 bits per heavy atom. The van der Waals surface area contributed by atoms with Crippen LogP contribution in [-0.2, 0) is 11.3 Å². The van der Waals surface area contributed by atoms with Gasteiger partial charge in [0, 0.05) is 23.2 Å². The summed E-state index contributed by atoms with van der Waals surface area (Å²) in [7, 11) is -0.299. The number of alkyl halides is 2. The normalized spacial score (nSPS) is 18.5. The zero-order chi connectivity index (χ0) is 24.0. The van der Waals surface area contributed by atoms with E-state index in [1.165, 1.54) is 4.68 Å². The summed E-state index contributed by atoms with van der Waals surface area (Å²) >= 11 is 0. The van der Waals surface area contributed by atoms with Gasteiger partial charge < -0.3 is 14.8 Å². The average Bonchev–Trinajstić information content (AvgIpc) is 3.42. The molecule has 1 saturated carbocycles. The van der Waals surface area contributed by atoms with Crippen LogP contribution in [0.5, 0.6) is 5.88 Å². The minimum Gasteiger partial charge on any atom is -0.479 e. The van der Waals surface area contributed by atoms with Gasteiger partial charge in [-0.25, -0.2) is 18.0 Å². The Labute approximate surface area is 195 Å². The fourth-order valence-corrected chi connectivity index (χ4v) is 5.02. The highest BCUT2D eigenvalue weighted by Crippen LogP contribution is 2.42. The highest BCUT2D eigenvalue weighted by atomic mass is 19.3. The summed E-state index contributed by atoms with van der Waals surface area (Å²) in [4.78, 5) is 4.58. The Kier molecular flexibility index (Phi) is 4.81. The zero-order valence-corrected chi connectivity index (χ0v) is 18.5. The second kappa shape index (κ2) is 8.15. The van der Waals surface area contributed by atoms with Crippen LogP contribution in [0.2, 0.25) is 0 Å². The monoisotopic (exact) mass is 470 g/mol. The van der Waals surface area contributed by atoms with Crippen molar-refractivity contribution in [3.8, 4) is 17.0 Å². The van der Waals surface area contributed by atoms with Crippen molar-refractivity contribution in [3.63, 3.8) is 0 Å². The van der Waals surface area contributed by atoms with E-state index in [4.69, 9.17) is 10.8 Å². The third-order valence-electron chi connectivity index (χ3n) is 6.95. The maximum atomic E-state index is 13.0. The largest absolute Gasteiger partial charge is 0.479 e. The summed E-state index contributed by atoms with van der Waals surface area (Å²) in [5, 5.41) is 15.9. The molecule has 178 valence electrons. The molecule has 4 heterocycles. The molecular formula is C23H25F2N7O2. The Morgan fingerprint density at radius 2 is 2.15 bits per heavy atom. The standard InChI is InChI=1S/C23H25F2N7O2/c1-33-21-20-16(14-2-3-17-18(10-14)32(30-28-17)11-19(24)25)6-9-31(20)29-22(27-21)26-15-4-7-23(8-5-15)12-34-13-23/h2-3,6,9-10,15,19H,4-5,7-8,11-13H2,1H3,(H,26,29)/i1D. The lowest BCUT2D eigenvalue weighted by molar-refractivity contribution is -0.131. The lowest BCUT2D eigenvalue weighted by Crippen LogP contribution is -2.47. The van der Waals surface area contributed by atoms with E-state index < -0.39 is 13.0 Å². The molecule has 1 N–H and O–H groups in total. The molecule has 0 atom stereocenters.